The van der Waals surface area contributed by atoms with Crippen molar-refractivity contribution >= 4 is 11.6 Å². The molecular weight excluding hydrogens is 310 g/mol. The first-order valence-electron chi connectivity index (χ1n) is 9.36. The number of aryl methyl sites for hydroxylation is 1. The van der Waals surface area contributed by atoms with Crippen LogP contribution in [0.25, 0.3) is 0 Å². The molecule has 1 heterocycles. The first kappa shape index (κ1) is 17.5. The Morgan fingerprint density at radius 2 is 1.88 bits per heavy atom. The van der Waals surface area contributed by atoms with Gasteiger partial charge in [0.2, 0.25) is 0 Å². The molecule has 0 unspecified atom stereocenters. The molecule has 1 saturated carbocycles. The van der Waals surface area contributed by atoms with Crippen molar-refractivity contribution in [3.8, 4) is 0 Å². The van der Waals surface area contributed by atoms with Crippen LogP contribution in [0.5, 0.6) is 0 Å². The van der Waals surface area contributed by atoms with E-state index in [4.69, 9.17) is 0 Å². The molecule has 0 bridgehead atoms. The van der Waals surface area contributed by atoms with Gasteiger partial charge in [-0.2, -0.15) is 0 Å². The average molecular weight is 337 g/mol. The van der Waals surface area contributed by atoms with Gasteiger partial charge in [0.1, 0.15) is 5.69 Å². The molecule has 0 aliphatic heterocycles. The molecular formula is C21H27N3O. The second kappa shape index (κ2) is 9.21. The largest absolute Gasteiger partial charge is 0.385 e. The highest BCUT2D eigenvalue weighted by Crippen LogP contribution is 2.18. The summed E-state index contributed by atoms with van der Waals surface area (Å²) in [5.41, 5.74) is 2.81. The summed E-state index contributed by atoms with van der Waals surface area (Å²) >= 11 is 0. The first-order chi connectivity index (χ1) is 12.3. The zero-order valence-electron chi connectivity index (χ0n) is 14.7. The number of nitrogens with one attached hydrogen (secondary N) is 2. The van der Waals surface area contributed by atoms with Crippen LogP contribution in [0.4, 0.5) is 5.69 Å². The van der Waals surface area contributed by atoms with Crippen LogP contribution in [0.2, 0.25) is 0 Å². The van der Waals surface area contributed by atoms with Crippen LogP contribution >= 0.6 is 0 Å². The van der Waals surface area contributed by atoms with Crippen molar-refractivity contribution in [3.63, 3.8) is 0 Å². The molecule has 1 aromatic heterocycles. The SMILES string of the molecule is O=C(NC1CCCCC1)c1cc(NCCCc2ccccc2)ccn1. The van der Waals surface area contributed by atoms with E-state index in [9.17, 15) is 4.79 Å². The van der Waals surface area contributed by atoms with Gasteiger partial charge in [-0.25, -0.2) is 0 Å². The van der Waals surface area contributed by atoms with Gasteiger partial charge < -0.3 is 10.6 Å². The molecule has 2 aromatic rings. The van der Waals surface area contributed by atoms with Crippen LogP contribution in [0.15, 0.2) is 48.7 Å². The Bertz CT molecular complexity index is 666. The van der Waals surface area contributed by atoms with E-state index in [1.807, 2.05) is 18.2 Å². The summed E-state index contributed by atoms with van der Waals surface area (Å²) in [6, 6.07) is 14.6. The lowest BCUT2D eigenvalue weighted by Gasteiger charge is -2.22. The molecule has 0 saturated heterocycles. The molecule has 3 rings (SSSR count). The molecule has 0 radical (unpaired) electrons. The Morgan fingerprint density at radius 3 is 2.68 bits per heavy atom. The minimum Gasteiger partial charge on any atom is -0.385 e. The molecule has 132 valence electrons. The predicted molar refractivity (Wildman–Crippen MR) is 102 cm³/mol. The predicted octanol–water partition coefficient (Wildman–Crippen LogP) is 4.19. The minimum absolute atomic E-state index is 0.0557. The van der Waals surface area contributed by atoms with Crippen molar-refractivity contribution in [1.29, 1.82) is 0 Å². The molecule has 4 nitrogen and oxygen atoms in total. The summed E-state index contributed by atoms with van der Waals surface area (Å²) in [4.78, 5) is 16.6. The summed E-state index contributed by atoms with van der Waals surface area (Å²) in [7, 11) is 0. The second-order valence-corrected chi connectivity index (χ2v) is 6.75. The number of nitrogens with zero attached hydrogens (tertiary/aromatic N) is 1. The van der Waals surface area contributed by atoms with E-state index in [2.05, 4.69) is 39.9 Å². The average Bonchev–Trinajstić information content (AvgIpc) is 2.67. The van der Waals surface area contributed by atoms with Crippen molar-refractivity contribution in [2.24, 2.45) is 0 Å². The summed E-state index contributed by atoms with van der Waals surface area (Å²) < 4.78 is 0. The molecule has 1 fully saturated rings. The van der Waals surface area contributed by atoms with Gasteiger partial charge in [0, 0.05) is 24.5 Å². The molecule has 1 aromatic carbocycles. The fourth-order valence-electron chi connectivity index (χ4n) is 3.34. The van der Waals surface area contributed by atoms with E-state index in [0.717, 1.165) is 37.9 Å². The Morgan fingerprint density at radius 1 is 1.08 bits per heavy atom. The number of aromatic nitrogens is 1. The van der Waals surface area contributed by atoms with Crippen LogP contribution in [0.3, 0.4) is 0 Å². The van der Waals surface area contributed by atoms with Crippen molar-refractivity contribution in [2.75, 3.05) is 11.9 Å². The van der Waals surface area contributed by atoms with Gasteiger partial charge >= 0.3 is 0 Å². The highest BCUT2D eigenvalue weighted by atomic mass is 16.1. The number of rotatable bonds is 7. The molecule has 1 aliphatic rings. The summed E-state index contributed by atoms with van der Waals surface area (Å²) in [5.74, 6) is -0.0557. The topological polar surface area (TPSA) is 54.0 Å². The van der Waals surface area contributed by atoms with E-state index in [1.165, 1.54) is 24.8 Å². The van der Waals surface area contributed by atoms with Crippen molar-refractivity contribution in [2.45, 2.75) is 51.0 Å². The Hall–Kier alpha value is -2.36. The minimum atomic E-state index is -0.0557. The van der Waals surface area contributed by atoms with E-state index in [0.29, 0.717) is 11.7 Å². The van der Waals surface area contributed by atoms with Crippen molar-refractivity contribution in [1.82, 2.24) is 10.3 Å². The van der Waals surface area contributed by atoms with Crippen LogP contribution in [0, 0.1) is 0 Å². The lowest BCUT2D eigenvalue weighted by Crippen LogP contribution is -2.36. The summed E-state index contributed by atoms with van der Waals surface area (Å²) in [6.07, 6.45) is 9.68. The lowest BCUT2D eigenvalue weighted by atomic mass is 9.95. The van der Waals surface area contributed by atoms with E-state index >= 15 is 0 Å². The normalized spacial score (nSPS) is 14.9. The third-order valence-corrected chi connectivity index (χ3v) is 4.75. The molecule has 2 N–H and O–H groups in total. The van der Waals surface area contributed by atoms with Crippen LogP contribution in [-0.4, -0.2) is 23.5 Å². The number of carbonyl (C=O) groups excluding carboxylic acids is 1. The van der Waals surface area contributed by atoms with Gasteiger partial charge in [0.25, 0.3) is 5.91 Å². The van der Waals surface area contributed by atoms with E-state index in [1.54, 1.807) is 6.20 Å². The molecule has 25 heavy (non-hydrogen) atoms. The molecule has 1 aliphatic carbocycles. The number of anilines is 1. The summed E-state index contributed by atoms with van der Waals surface area (Å²) in [6.45, 7) is 0.878. The lowest BCUT2D eigenvalue weighted by molar-refractivity contribution is 0.0922. The number of carbonyl (C=O) groups is 1. The summed E-state index contributed by atoms with van der Waals surface area (Å²) in [5, 5.41) is 6.52. The maximum atomic E-state index is 12.4. The molecule has 0 spiro atoms. The van der Waals surface area contributed by atoms with E-state index < -0.39 is 0 Å². The van der Waals surface area contributed by atoms with Gasteiger partial charge in [0.15, 0.2) is 0 Å². The van der Waals surface area contributed by atoms with E-state index in [-0.39, 0.29) is 5.91 Å². The Labute approximate surface area is 150 Å². The zero-order chi connectivity index (χ0) is 17.3. The van der Waals surface area contributed by atoms with Crippen LogP contribution < -0.4 is 10.6 Å². The number of hydrogen-bond acceptors (Lipinski definition) is 3. The third kappa shape index (κ3) is 5.59. The van der Waals surface area contributed by atoms with Crippen LogP contribution in [0.1, 0.15) is 54.6 Å². The molecule has 0 atom stereocenters. The van der Waals surface area contributed by atoms with Gasteiger partial charge in [-0.1, -0.05) is 49.6 Å². The zero-order valence-corrected chi connectivity index (χ0v) is 14.7. The number of benzene rings is 1. The maximum Gasteiger partial charge on any atom is 0.270 e. The first-order valence-corrected chi connectivity index (χ1v) is 9.36. The van der Waals surface area contributed by atoms with Gasteiger partial charge in [-0.15, -0.1) is 0 Å². The Balaban J connectivity index is 1.46. The molecule has 4 heteroatoms. The van der Waals surface area contributed by atoms with Gasteiger partial charge in [0.05, 0.1) is 0 Å². The van der Waals surface area contributed by atoms with Gasteiger partial charge in [-0.05, 0) is 43.4 Å². The maximum absolute atomic E-state index is 12.4. The number of pyridine rings is 1. The quantitative estimate of drug-likeness (QED) is 0.745. The fourth-order valence-corrected chi connectivity index (χ4v) is 3.34. The second-order valence-electron chi connectivity index (χ2n) is 6.75. The van der Waals surface area contributed by atoms with Crippen LogP contribution in [-0.2, 0) is 6.42 Å². The van der Waals surface area contributed by atoms with Gasteiger partial charge in [-0.3, -0.25) is 9.78 Å². The smallest absolute Gasteiger partial charge is 0.270 e. The monoisotopic (exact) mass is 337 g/mol. The number of amides is 1. The highest BCUT2D eigenvalue weighted by Gasteiger charge is 2.17. The Kier molecular flexibility index (Phi) is 6.43. The molecule has 1 amide bonds. The van der Waals surface area contributed by atoms with Crippen molar-refractivity contribution in [3.05, 3.63) is 59.9 Å². The van der Waals surface area contributed by atoms with Crippen molar-refractivity contribution < 1.29 is 4.79 Å². The number of hydrogen-bond donors (Lipinski definition) is 2. The fraction of sp³-hybridized carbons (Fsp3) is 0.429. The third-order valence-electron chi connectivity index (χ3n) is 4.75. The highest BCUT2D eigenvalue weighted by molar-refractivity contribution is 5.93. The standard InChI is InChI=1S/C21H27N3O/c25-21(24-18-11-5-2-6-12-18)20-16-19(13-15-23-20)22-14-7-10-17-8-3-1-4-9-17/h1,3-4,8-9,13,15-16,18H,2,5-7,10-12,14H2,(H,22,23)(H,24,25).